The molecule has 0 bridgehead atoms. The van der Waals surface area contributed by atoms with Gasteiger partial charge in [0.1, 0.15) is 0 Å². The fourth-order valence-electron chi connectivity index (χ4n) is 2.72. The van der Waals surface area contributed by atoms with Gasteiger partial charge in [-0.15, -0.1) is 0 Å². The lowest BCUT2D eigenvalue weighted by atomic mass is 9.86. The summed E-state index contributed by atoms with van der Waals surface area (Å²) in [4.78, 5) is 2.27. The Morgan fingerprint density at radius 3 is 2.76 bits per heavy atom. The molecule has 1 saturated carbocycles. The van der Waals surface area contributed by atoms with Gasteiger partial charge in [0.15, 0.2) is 0 Å². The van der Waals surface area contributed by atoms with Crippen LogP contribution in [0.1, 0.15) is 31.2 Å². The highest BCUT2D eigenvalue weighted by Gasteiger charge is 2.24. The summed E-state index contributed by atoms with van der Waals surface area (Å²) in [6, 6.07) is 8.56. The molecule has 2 nitrogen and oxygen atoms in total. The predicted octanol–water partition coefficient (Wildman–Crippen LogP) is 2.98. The lowest BCUT2D eigenvalue weighted by Crippen LogP contribution is -2.35. The number of hydrogen-bond acceptors (Lipinski definition) is 2. The van der Waals surface area contributed by atoms with Gasteiger partial charge in [-0.05, 0) is 37.5 Å². The third-order valence-corrected chi connectivity index (χ3v) is 3.82. The number of anilines is 1. The number of aryl methyl sites for hydroxylation is 1. The maximum Gasteiger partial charge on any atom is 0.0585 e. The zero-order chi connectivity index (χ0) is 12.3. The summed E-state index contributed by atoms with van der Waals surface area (Å²) >= 11 is 0. The molecule has 0 amide bonds. The minimum absolute atomic E-state index is 0.101. The van der Waals surface area contributed by atoms with E-state index in [2.05, 4.69) is 43.1 Å². The fourth-order valence-corrected chi connectivity index (χ4v) is 2.72. The first kappa shape index (κ1) is 12.4. The topological polar surface area (TPSA) is 23.5 Å². The van der Waals surface area contributed by atoms with Crippen LogP contribution in [0.2, 0.25) is 0 Å². The molecule has 2 heteroatoms. The Hall–Kier alpha value is -1.02. The summed E-state index contributed by atoms with van der Waals surface area (Å²) in [5, 5.41) is 9.99. The second kappa shape index (κ2) is 5.54. The number of rotatable bonds is 3. The van der Waals surface area contributed by atoms with Crippen molar-refractivity contribution in [3.63, 3.8) is 0 Å². The van der Waals surface area contributed by atoms with E-state index in [1.54, 1.807) is 0 Å². The predicted molar refractivity (Wildman–Crippen MR) is 72.4 cm³/mol. The van der Waals surface area contributed by atoms with E-state index in [0.29, 0.717) is 5.92 Å². The Balaban J connectivity index is 1.98. The standard InChI is InChI=1S/C15H23NO/c1-12-6-5-8-14(10-12)16(2)11-13-7-3-4-9-15(13)17/h5-6,8,10,13,15,17H,3-4,7,9,11H2,1-2H3. The Morgan fingerprint density at radius 2 is 2.06 bits per heavy atom. The molecule has 2 unspecified atom stereocenters. The quantitative estimate of drug-likeness (QED) is 0.867. The third-order valence-electron chi connectivity index (χ3n) is 3.82. The van der Waals surface area contributed by atoms with Crippen LogP contribution in [0.5, 0.6) is 0 Å². The van der Waals surface area contributed by atoms with E-state index in [1.807, 2.05) is 0 Å². The van der Waals surface area contributed by atoms with E-state index in [1.165, 1.54) is 24.1 Å². The molecule has 1 aromatic rings. The van der Waals surface area contributed by atoms with Gasteiger partial charge in [0, 0.05) is 25.2 Å². The normalized spacial score (nSPS) is 24.6. The molecule has 0 radical (unpaired) electrons. The van der Waals surface area contributed by atoms with Crippen LogP contribution in [0.3, 0.4) is 0 Å². The molecular formula is C15H23NO. The van der Waals surface area contributed by atoms with Crippen LogP contribution in [0, 0.1) is 12.8 Å². The molecule has 1 aliphatic carbocycles. The third kappa shape index (κ3) is 3.22. The van der Waals surface area contributed by atoms with Gasteiger partial charge in [-0.2, -0.15) is 0 Å². The van der Waals surface area contributed by atoms with E-state index in [0.717, 1.165) is 19.4 Å². The van der Waals surface area contributed by atoms with Crippen molar-refractivity contribution in [3.05, 3.63) is 29.8 Å². The van der Waals surface area contributed by atoms with E-state index in [4.69, 9.17) is 0 Å². The number of aliphatic hydroxyl groups excluding tert-OH is 1. The molecule has 1 fully saturated rings. The van der Waals surface area contributed by atoms with Crippen LogP contribution in [0.25, 0.3) is 0 Å². The molecule has 0 spiro atoms. The van der Waals surface area contributed by atoms with Crippen molar-refractivity contribution in [2.45, 2.75) is 38.7 Å². The van der Waals surface area contributed by atoms with Gasteiger partial charge >= 0.3 is 0 Å². The molecule has 1 aliphatic rings. The van der Waals surface area contributed by atoms with Crippen molar-refractivity contribution in [1.29, 1.82) is 0 Å². The Kier molecular flexibility index (Phi) is 4.06. The number of benzene rings is 1. The van der Waals surface area contributed by atoms with Gasteiger partial charge in [0.25, 0.3) is 0 Å². The molecule has 0 aromatic heterocycles. The molecule has 0 heterocycles. The van der Waals surface area contributed by atoms with Crippen molar-refractivity contribution >= 4 is 5.69 Å². The van der Waals surface area contributed by atoms with Gasteiger partial charge in [-0.25, -0.2) is 0 Å². The van der Waals surface area contributed by atoms with Gasteiger partial charge in [0.05, 0.1) is 6.10 Å². The summed E-state index contributed by atoms with van der Waals surface area (Å²) in [6.07, 6.45) is 4.50. The molecule has 0 aliphatic heterocycles. The zero-order valence-electron chi connectivity index (χ0n) is 10.9. The van der Waals surface area contributed by atoms with Crippen molar-refractivity contribution in [1.82, 2.24) is 0 Å². The van der Waals surface area contributed by atoms with Crippen LogP contribution in [-0.2, 0) is 0 Å². The lowest BCUT2D eigenvalue weighted by Gasteiger charge is -2.32. The summed E-state index contributed by atoms with van der Waals surface area (Å²) in [6.45, 7) is 3.08. The van der Waals surface area contributed by atoms with E-state index in [-0.39, 0.29) is 6.10 Å². The first-order valence-electron chi connectivity index (χ1n) is 6.62. The Morgan fingerprint density at radius 1 is 1.29 bits per heavy atom. The van der Waals surface area contributed by atoms with Crippen LogP contribution in [0.4, 0.5) is 5.69 Å². The maximum atomic E-state index is 9.99. The summed E-state index contributed by atoms with van der Waals surface area (Å²) in [5.41, 5.74) is 2.54. The summed E-state index contributed by atoms with van der Waals surface area (Å²) < 4.78 is 0. The van der Waals surface area contributed by atoms with Crippen LogP contribution in [-0.4, -0.2) is 24.8 Å². The molecule has 17 heavy (non-hydrogen) atoms. The van der Waals surface area contributed by atoms with Crippen molar-refractivity contribution in [3.8, 4) is 0 Å². The molecule has 1 N–H and O–H groups in total. The van der Waals surface area contributed by atoms with Crippen LogP contribution < -0.4 is 4.90 Å². The first-order valence-corrected chi connectivity index (χ1v) is 6.62. The summed E-state index contributed by atoms with van der Waals surface area (Å²) in [5.74, 6) is 0.439. The van der Waals surface area contributed by atoms with E-state index < -0.39 is 0 Å². The first-order chi connectivity index (χ1) is 8.16. The lowest BCUT2D eigenvalue weighted by molar-refractivity contribution is 0.0736. The van der Waals surface area contributed by atoms with Crippen molar-refractivity contribution < 1.29 is 5.11 Å². The maximum absolute atomic E-state index is 9.99. The van der Waals surface area contributed by atoms with Gasteiger partial charge in [-0.3, -0.25) is 0 Å². The number of hydrogen-bond donors (Lipinski definition) is 1. The van der Waals surface area contributed by atoms with Crippen molar-refractivity contribution in [2.24, 2.45) is 5.92 Å². The van der Waals surface area contributed by atoms with Gasteiger partial charge in [0.2, 0.25) is 0 Å². The number of nitrogens with zero attached hydrogens (tertiary/aromatic N) is 1. The SMILES string of the molecule is Cc1cccc(N(C)CC2CCCCC2O)c1. The van der Waals surface area contributed by atoms with Gasteiger partial charge < -0.3 is 10.0 Å². The number of aliphatic hydroxyl groups is 1. The van der Waals surface area contributed by atoms with Crippen molar-refractivity contribution in [2.75, 3.05) is 18.5 Å². The fraction of sp³-hybridized carbons (Fsp3) is 0.600. The Bertz CT molecular complexity index is 364. The highest BCUT2D eigenvalue weighted by atomic mass is 16.3. The summed E-state index contributed by atoms with van der Waals surface area (Å²) in [7, 11) is 2.12. The minimum atomic E-state index is -0.101. The van der Waals surface area contributed by atoms with Crippen LogP contribution in [0.15, 0.2) is 24.3 Å². The molecule has 1 aromatic carbocycles. The van der Waals surface area contributed by atoms with E-state index >= 15 is 0 Å². The largest absolute Gasteiger partial charge is 0.393 e. The minimum Gasteiger partial charge on any atom is -0.393 e. The smallest absolute Gasteiger partial charge is 0.0585 e. The zero-order valence-corrected chi connectivity index (χ0v) is 10.9. The molecule has 2 atom stereocenters. The van der Waals surface area contributed by atoms with Crippen LogP contribution >= 0.6 is 0 Å². The highest BCUT2D eigenvalue weighted by Crippen LogP contribution is 2.26. The highest BCUT2D eigenvalue weighted by molar-refractivity contribution is 5.47. The monoisotopic (exact) mass is 233 g/mol. The van der Waals surface area contributed by atoms with E-state index in [9.17, 15) is 5.11 Å². The average molecular weight is 233 g/mol. The molecule has 94 valence electrons. The molecule has 2 rings (SSSR count). The average Bonchev–Trinajstić information content (AvgIpc) is 2.32. The second-order valence-electron chi connectivity index (χ2n) is 5.33. The van der Waals surface area contributed by atoms with Gasteiger partial charge in [-0.1, -0.05) is 25.0 Å². The Labute approximate surface area is 104 Å². The molecular weight excluding hydrogens is 210 g/mol. The second-order valence-corrected chi connectivity index (χ2v) is 5.33. The molecule has 0 saturated heterocycles.